The van der Waals surface area contributed by atoms with Gasteiger partial charge in [0, 0.05) is 20.9 Å². The maximum Gasteiger partial charge on any atom is 0.518 e. The number of nitrogens with zero attached hydrogens (tertiary/aromatic N) is 5. The predicted molar refractivity (Wildman–Crippen MR) is 94.6 cm³/mol. The highest BCUT2D eigenvalue weighted by Gasteiger charge is 2.74. The van der Waals surface area contributed by atoms with Crippen LogP contribution in [0.5, 0.6) is 0 Å². The highest BCUT2D eigenvalue weighted by atomic mass is 32.2. The molecule has 0 aromatic carbocycles. The summed E-state index contributed by atoms with van der Waals surface area (Å²) >= 11 is 3.45. The average molecular weight is 343 g/mol. The highest BCUT2D eigenvalue weighted by Crippen LogP contribution is 2.47. The first-order valence-electron chi connectivity index (χ1n) is 7.28. The molecule has 0 radical (unpaired) electrons. The molecule has 0 bridgehead atoms. The third-order valence-electron chi connectivity index (χ3n) is 3.86. The van der Waals surface area contributed by atoms with Gasteiger partial charge in [-0.1, -0.05) is 0 Å². The van der Waals surface area contributed by atoms with Crippen molar-refractivity contribution in [3.8, 4) is 0 Å². The maximum absolute atomic E-state index is 4.74. The first-order valence-corrected chi connectivity index (χ1v) is 8.91. The number of likely N-dealkylation sites (N-methyl/N-ethyl adjacent to an activating group) is 1. The molecule has 9 heteroatoms. The van der Waals surface area contributed by atoms with E-state index in [1.54, 1.807) is 23.5 Å². The van der Waals surface area contributed by atoms with E-state index < -0.39 is 0 Å². The topological polar surface area (TPSA) is 54.8 Å². The minimum Gasteiger partial charge on any atom is -0.329 e. The third-order valence-corrected chi connectivity index (χ3v) is 6.51. The van der Waals surface area contributed by atoms with E-state index >= 15 is 0 Å². The van der Waals surface area contributed by atoms with Crippen molar-refractivity contribution in [1.82, 2.24) is 10.9 Å². The molecule has 2 fully saturated rings. The highest BCUT2D eigenvalue weighted by molar-refractivity contribution is 8.30. The molecule has 0 amide bonds. The molecule has 0 aromatic rings. The Kier molecular flexibility index (Phi) is 3.77. The molecule has 3 rings (SSSR count). The molecule has 2 saturated heterocycles. The number of hydrazone groups is 2. The van der Waals surface area contributed by atoms with Crippen LogP contribution in [0.2, 0.25) is 0 Å². The van der Waals surface area contributed by atoms with Crippen molar-refractivity contribution in [3.63, 3.8) is 0 Å². The first-order chi connectivity index (χ1) is 10.3. The number of hydrogen-bond acceptors (Lipinski definition) is 4. The molecule has 0 aliphatic carbocycles. The van der Waals surface area contributed by atoms with Crippen molar-refractivity contribution in [2.45, 2.75) is 18.2 Å². The third kappa shape index (κ3) is 2.44. The Morgan fingerprint density at radius 2 is 1.59 bits per heavy atom. The van der Waals surface area contributed by atoms with E-state index in [4.69, 9.17) is 4.99 Å². The molecule has 1 atom stereocenters. The lowest BCUT2D eigenvalue weighted by Gasteiger charge is -2.22. The zero-order valence-corrected chi connectivity index (χ0v) is 15.6. The Balaban J connectivity index is 1.85. The average Bonchev–Trinajstić information content (AvgIpc) is 3.02. The van der Waals surface area contributed by atoms with Crippen LogP contribution in [0, 0.1) is 0 Å². The number of thioether (sulfide) groups is 2. The molecular weight excluding hydrogens is 318 g/mol. The number of nitrogens with one attached hydrogen (secondary N) is 2. The summed E-state index contributed by atoms with van der Waals surface area (Å²) < 4.78 is 5.00. The van der Waals surface area contributed by atoms with Gasteiger partial charge in [0.2, 0.25) is 10.3 Å². The monoisotopic (exact) mass is 342 g/mol. The Morgan fingerprint density at radius 1 is 1.05 bits per heavy atom. The van der Waals surface area contributed by atoms with Gasteiger partial charge in [-0.3, -0.25) is 9.98 Å². The lowest BCUT2D eigenvalue weighted by atomic mass is 10.3. The first kappa shape index (κ1) is 15.8. The van der Waals surface area contributed by atoms with Crippen LogP contribution < -0.4 is 10.9 Å². The molecule has 0 aromatic heterocycles. The van der Waals surface area contributed by atoms with E-state index in [0.29, 0.717) is 0 Å². The van der Waals surface area contributed by atoms with Crippen molar-refractivity contribution < 1.29 is 13.9 Å². The van der Waals surface area contributed by atoms with Gasteiger partial charge in [0.05, 0.1) is 57.8 Å². The van der Waals surface area contributed by atoms with Crippen LogP contribution in [0.3, 0.4) is 0 Å². The van der Waals surface area contributed by atoms with E-state index in [9.17, 15) is 0 Å². The largest absolute Gasteiger partial charge is 0.518 e. The smallest absolute Gasteiger partial charge is 0.329 e. The van der Waals surface area contributed by atoms with Gasteiger partial charge in [-0.25, -0.2) is 0 Å². The second kappa shape index (κ2) is 5.24. The van der Waals surface area contributed by atoms with E-state index in [0.717, 1.165) is 27.9 Å². The standard InChI is InChI=1S/C13H23N7S2/c1-9-10(2)19-13(18(9)16-11(14-3)21-13)22-12(17-19)15-7-8-20(4,5)6/h7-8H2,1-6H3,(H,15,17)/q+2/p+1. The maximum atomic E-state index is 4.74. The molecule has 1 spiro atoms. The summed E-state index contributed by atoms with van der Waals surface area (Å²) in [5, 5.41) is 1.90. The predicted octanol–water partition coefficient (Wildman–Crippen LogP) is 0.109. The molecule has 3 heterocycles. The normalized spacial score (nSPS) is 31.0. The molecule has 7 nitrogen and oxygen atoms in total. The van der Waals surface area contributed by atoms with Crippen molar-refractivity contribution >= 4 is 45.3 Å². The van der Waals surface area contributed by atoms with Crippen molar-refractivity contribution in [2.24, 2.45) is 9.98 Å². The van der Waals surface area contributed by atoms with E-state index in [-0.39, 0.29) is 4.33 Å². The van der Waals surface area contributed by atoms with Crippen molar-refractivity contribution in [1.29, 1.82) is 0 Å². The summed E-state index contributed by atoms with van der Waals surface area (Å²) in [6.45, 7) is 6.08. The van der Waals surface area contributed by atoms with E-state index in [1.165, 1.54) is 11.4 Å². The summed E-state index contributed by atoms with van der Waals surface area (Å²) in [5.74, 6) is 0. The number of aliphatic imine (C=N–C) groups is 2. The number of rotatable bonds is 3. The lowest BCUT2D eigenvalue weighted by molar-refractivity contribution is -0.868. The Hall–Kier alpha value is -1.06. The minimum atomic E-state index is -0.279. The molecule has 120 valence electrons. The van der Waals surface area contributed by atoms with Gasteiger partial charge >= 0.3 is 4.33 Å². The second-order valence-corrected chi connectivity index (χ2v) is 9.13. The Labute approximate surface area is 139 Å². The van der Waals surface area contributed by atoms with Crippen molar-refractivity contribution in [3.05, 3.63) is 0 Å². The summed E-state index contributed by atoms with van der Waals surface area (Å²) in [6, 6.07) is 0. The van der Waals surface area contributed by atoms with Crippen LogP contribution in [-0.2, 0) is 0 Å². The molecule has 0 saturated carbocycles. The van der Waals surface area contributed by atoms with E-state index in [2.05, 4.69) is 60.2 Å². The van der Waals surface area contributed by atoms with Crippen LogP contribution in [-0.4, -0.2) is 81.2 Å². The molecule has 2 N–H and O–H groups in total. The fraction of sp³-hybridized carbons (Fsp3) is 0.692. The van der Waals surface area contributed by atoms with Crippen LogP contribution >= 0.6 is 23.5 Å². The van der Waals surface area contributed by atoms with Gasteiger partial charge in [0.15, 0.2) is 0 Å². The summed E-state index contributed by atoms with van der Waals surface area (Å²) in [4.78, 5) is 9.04. The SMILES string of the molecule is CN=C1N[N+]2=C(C)C(C)=[N+]3NC(=NCC[N+](C)(C)C)SC23S1. The second-order valence-electron chi connectivity index (χ2n) is 6.55. The fourth-order valence-corrected chi connectivity index (χ4v) is 5.22. The molecule has 1 unspecified atom stereocenters. The molecular formula is C13H24N7S2+3. The van der Waals surface area contributed by atoms with Crippen LogP contribution in [0.25, 0.3) is 0 Å². The van der Waals surface area contributed by atoms with Gasteiger partial charge in [-0.2, -0.15) is 0 Å². The zero-order valence-electron chi connectivity index (χ0n) is 14.0. The summed E-state index contributed by atoms with van der Waals surface area (Å²) in [6.07, 6.45) is 0. The van der Waals surface area contributed by atoms with Crippen LogP contribution in [0.15, 0.2) is 9.98 Å². The fourth-order valence-electron chi connectivity index (χ4n) is 2.46. The van der Waals surface area contributed by atoms with Crippen LogP contribution in [0.1, 0.15) is 13.8 Å². The van der Waals surface area contributed by atoms with Gasteiger partial charge in [-0.05, 0) is 9.37 Å². The quantitative estimate of drug-likeness (QED) is 0.565. The van der Waals surface area contributed by atoms with Gasteiger partial charge in [0.25, 0.3) is 11.4 Å². The molecule has 3 aliphatic rings. The molecule has 3 aliphatic heterocycles. The lowest BCUT2D eigenvalue weighted by Crippen LogP contribution is -2.42. The molecule has 22 heavy (non-hydrogen) atoms. The van der Waals surface area contributed by atoms with E-state index in [1.807, 2.05) is 7.05 Å². The van der Waals surface area contributed by atoms with Gasteiger partial charge < -0.3 is 4.48 Å². The number of amidine groups is 2. The van der Waals surface area contributed by atoms with Gasteiger partial charge in [-0.15, -0.1) is 10.9 Å². The summed E-state index contributed by atoms with van der Waals surface area (Å²) in [7, 11) is 8.37. The van der Waals surface area contributed by atoms with Crippen LogP contribution in [0.4, 0.5) is 0 Å². The summed E-state index contributed by atoms with van der Waals surface area (Å²) in [5.41, 5.74) is 9.24. The minimum absolute atomic E-state index is 0.279. The Morgan fingerprint density at radius 3 is 2.14 bits per heavy atom. The van der Waals surface area contributed by atoms with Gasteiger partial charge in [0.1, 0.15) is 0 Å². The Bertz CT molecular complexity index is 641. The number of hydrogen-bond donors (Lipinski definition) is 2. The zero-order chi connectivity index (χ0) is 16.1. The van der Waals surface area contributed by atoms with Crippen molar-refractivity contribution in [2.75, 3.05) is 41.3 Å². The number of hydrazine groups is 2. The number of quaternary nitrogens is 1.